The summed E-state index contributed by atoms with van der Waals surface area (Å²) >= 11 is 1.51. The number of amides is 1. The lowest BCUT2D eigenvalue weighted by Crippen LogP contribution is -2.27. The van der Waals surface area contributed by atoms with Gasteiger partial charge in [-0.05, 0) is 11.4 Å². The molecule has 2 aromatic heterocycles. The Balaban J connectivity index is 1.52. The third kappa shape index (κ3) is 3.97. The number of carbonyl (C=O) groups is 1. The van der Waals surface area contributed by atoms with Gasteiger partial charge in [0.05, 0.1) is 19.5 Å². The maximum Gasteiger partial charge on any atom is 0.252 e. The monoisotopic (exact) mass is 265 g/mol. The normalized spacial score (nSPS) is 10.4. The zero-order valence-electron chi connectivity index (χ0n) is 9.91. The molecule has 0 bridgehead atoms. The van der Waals surface area contributed by atoms with E-state index in [1.807, 2.05) is 21.5 Å². The van der Waals surface area contributed by atoms with E-state index in [0.717, 1.165) is 6.54 Å². The third-order valence-corrected chi connectivity index (χ3v) is 3.05. The number of ether oxygens (including phenoxy) is 1. The summed E-state index contributed by atoms with van der Waals surface area (Å²) in [7, 11) is 0. The molecule has 0 atom stereocenters. The maximum absolute atomic E-state index is 11.6. The summed E-state index contributed by atoms with van der Waals surface area (Å²) in [5.74, 6) is -0.0468. The van der Waals surface area contributed by atoms with Gasteiger partial charge in [-0.2, -0.15) is 11.3 Å². The van der Waals surface area contributed by atoms with Crippen LogP contribution in [0.25, 0.3) is 0 Å². The van der Waals surface area contributed by atoms with E-state index in [2.05, 4.69) is 10.3 Å². The van der Waals surface area contributed by atoms with E-state index in [0.29, 0.717) is 25.3 Å². The van der Waals surface area contributed by atoms with Crippen LogP contribution in [-0.4, -0.2) is 35.2 Å². The molecule has 0 saturated carbocycles. The van der Waals surface area contributed by atoms with Gasteiger partial charge >= 0.3 is 0 Å². The first-order valence-electron chi connectivity index (χ1n) is 5.70. The smallest absolute Gasteiger partial charge is 0.252 e. The fraction of sp³-hybridized carbons (Fsp3) is 0.333. The number of nitrogens with zero attached hydrogens (tertiary/aromatic N) is 2. The van der Waals surface area contributed by atoms with E-state index >= 15 is 0 Å². The molecule has 6 heteroatoms. The van der Waals surface area contributed by atoms with Crippen LogP contribution in [-0.2, 0) is 11.3 Å². The van der Waals surface area contributed by atoms with Crippen molar-refractivity contribution in [2.24, 2.45) is 0 Å². The summed E-state index contributed by atoms with van der Waals surface area (Å²) in [5, 5.41) is 6.52. The van der Waals surface area contributed by atoms with Gasteiger partial charge in [-0.25, -0.2) is 4.98 Å². The first-order chi connectivity index (χ1) is 8.86. The van der Waals surface area contributed by atoms with Crippen LogP contribution in [0, 0.1) is 0 Å². The number of hydrogen-bond donors (Lipinski definition) is 1. The van der Waals surface area contributed by atoms with Gasteiger partial charge in [0.1, 0.15) is 0 Å². The fourth-order valence-corrected chi connectivity index (χ4v) is 2.06. The van der Waals surface area contributed by atoms with Gasteiger partial charge in [0.25, 0.3) is 5.91 Å². The minimum absolute atomic E-state index is 0.0468. The molecule has 1 N–H and O–H groups in total. The highest BCUT2D eigenvalue weighted by Gasteiger charge is 2.03. The molecule has 0 aromatic carbocycles. The highest BCUT2D eigenvalue weighted by molar-refractivity contribution is 7.08. The van der Waals surface area contributed by atoms with Crippen molar-refractivity contribution in [2.75, 3.05) is 19.8 Å². The molecule has 2 aromatic rings. The molecule has 5 nitrogen and oxygen atoms in total. The fourth-order valence-electron chi connectivity index (χ4n) is 1.42. The molecule has 0 aliphatic carbocycles. The molecule has 0 radical (unpaired) electrons. The Labute approximate surface area is 109 Å². The molecule has 18 heavy (non-hydrogen) atoms. The van der Waals surface area contributed by atoms with Crippen molar-refractivity contribution in [3.05, 3.63) is 41.1 Å². The van der Waals surface area contributed by atoms with E-state index in [1.54, 1.807) is 18.6 Å². The maximum atomic E-state index is 11.6. The molecule has 0 aliphatic heterocycles. The van der Waals surface area contributed by atoms with Gasteiger partial charge in [-0.1, -0.05) is 0 Å². The molecule has 96 valence electrons. The highest BCUT2D eigenvalue weighted by Crippen LogP contribution is 2.04. The van der Waals surface area contributed by atoms with Gasteiger partial charge in [0, 0.05) is 36.4 Å². The quantitative estimate of drug-likeness (QED) is 0.770. The molecule has 0 unspecified atom stereocenters. The number of carbonyl (C=O) groups excluding carboxylic acids is 1. The number of thiophene rings is 1. The predicted octanol–water partition coefficient (Wildman–Crippen LogP) is 1.39. The highest BCUT2D eigenvalue weighted by atomic mass is 32.1. The summed E-state index contributed by atoms with van der Waals surface area (Å²) in [6.45, 7) is 2.44. The lowest BCUT2D eigenvalue weighted by molar-refractivity contribution is 0.0909. The molecule has 0 aliphatic rings. The van der Waals surface area contributed by atoms with Crippen molar-refractivity contribution < 1.29 is 9.53 Å². The average molecular weight is 265 g/mol. The summed E-state index contributed by atoms with van der Waals surface area (Å²) in [6.07, 6.45) is 5.38. The molecule has 0 fully saturated rings. The molecular formula is C12H15N3O2S. The molecule has 2 heterocycles. The molecule has 1 amide bonds. The number of aromatic nitrogens is 2. The van der Waals surface area contributed by atoms with Gasteiger partial charge in [-0.15, -0.1) is 0 Å². The minimum atomic E-state index is -0.0468. The van der Waals surface area contributed by atoms with Crippen LogP contribution < -0.4 is 5.32 Å². The van der Waals surface area contributed by atoms with Crippen molar-refractivity contribution in [1.29, 1.82) is 0 Å². The van der Waals surface area contributed by atoms with Crippen LogP contribution in [0.1, 0.15) is 10.4 Å². The average Bonchev–Trinajstić information content (AvgIpc) is 3.05. The van der Waals surface area contributed by atoms with Gasteiger partial charge in [-0.3, -0.25) is 4.79 Å². The zero-order valence-corrected chi connectivity index (χ0v) is 10.7. The van der Waals surface area contributed by atoms with Crippen molar-refractivity contribution in [3.8, 4) is 0 Å². The van der Waals surface area contributed by atoms with Gasteiger partial charge < -0.3 is 14.6 Å². The van der Waals surface area contributed by atoms with E-state index in [1.165, 1.54) is 11.3 Å². The van der Waals surface area contributed by atoms with Gasteiger partial charge in [0.2, 0.25) is 0 Å². The van der Waals surface area contributed by atoms with Crippen LogP contribution >= 0.6 is 11.3 Å². The van der Waals surface area contributed by atoms with E-state index < -0.39 is 0 Å². The lowest BCUT2D eigenvalue weighted by atomic mass is 10.3. The molecule has 0 spiro atoms. The molecule has 2 rings (SSSR count). The Morgan fingerprint density at radius 3 is 3.17 bits per heavy atom. The predicted molar refractivity (Wildman–Crippen MR) is 69.7 cm³/mol. The van der Waals surface area contributed by atoms with Crippen molar-refractivity contribution in [1.82, 2.24) is 14.9 Å². The number of rotatable bonds is 7. The number of imidazole rings is 1. The standard InChI is InChI=1S/C12H15N3O2S/c16-12(11-1-8-18-9-11)14-3-6-17-7-5-15-4-2-13-10-15/h1-2,4,8-10H,3,5-7H2,(H,14,16). The van der Waals surface area contributed by atoms with Crippen molar-refractivity contribution in [2.45, 2.75) is 6.54 Å². The van der Waals surface area contributed by atoms with Crippen LogP contribution in [0.5, 0.6) is 0 Å². The molecular weight excluding hydrogens is 250 g/mol. The topological polar surface area (TPSA) is 56.1 Å². The van der Waals surface area contributed by atoms with E-state index in [9.17, 15) is 4.79 Å². The van der Waals surface area contributed by atoms with Crippen molar-refractivity contribution >= 4 is 17.2 Å². The Kier molecular flexibility index (Phi) is 4.92. The second-order valence-electron chi connectivity index (χ2n) is 3.68. The summed E-state index contributed by atoms with van der Waals surface area (Å²) < 4.78 is 7.36. The van der Waals surface area contributed by atoms with Crippen LogP contribution in [0.15, 0.2) is 35.5 Å². The van der Waals surface area contributed by atoms with Crippen molar-refractivity contribution in [3.63, 3.8) is 0 Å². The Bertz CT molecular complexity index is 454. The first-order valence-corrected chi connectivity index (χ1v) is 6.64. The summed E-state index contributed by atoms with van der Waals surface area (Å²) in [4.78, 5) is 15.5. The van der Waals surface area contributed by atoms with E-state index in [-0.39, 0.29) is 5.91 Å². The van der Waals surface area contributed by atoms with Crippen LogP contribution in [0.2, 0.25) is 0 Å². The third-order valence-electron chi connectivity index (χ3n) is 2.37. The SMILES string of the molecule is O=C(NCCOCCn1ccnc1)c1ccsc1. The second kappa shape index (κ2) is 6.93. The number of hydrogen-bond acceptors (Lipinski definition) is 4. The van der Waals surface area contributed by atoms with Gasteiger partial charge in [0.15, 0.2) is 0 Å². The number of nitrogens with one attached hydrogen (secondary N) is 1. The largest absolute Gasteiger partial charge is 0.378 e. The zero-order chi connectivity index (χ0) is 12.6. The summed E-state index contributed by atoms with van der Waals surface area (Å²) in [5.41, 5.74) is 0.707. The minimum Gasteiger partial charge on any atom is -0.378 e. The molecule has 0 saturated heterocycles. The summed E-state index contributed by atoms with van der Waals surface area (Å²) in [6, 6.07) is 1.81. The Morgan fingerprint density at radius 2 is 2.44 bits per heavy atom. The Hall–Kier alpha value is -1.66. The Morgan fingerprint density at radius 1 is 1.50 bits per heavy atom. The lowest BCUT2D eigenvalue weighted by Gasteiger charge is -2.06. The van der Waals surface area contributed by atoms with Crippen LogP contribution in [0.3, 0.4) is 0 Å². The van der Waals surface area contributed by atoms with Crippen LogP contribution in [0.4, 0.5) is 0 Å². The first kappa shape index (κ1) is 12.8. The second-order valence-corrected chi connectivity index (χ2v) is 4.46. The van der Waals surface area contributed by atoms with E-state index in [4.69, 9.17) is 4.74 Å².